The number of fused-ring (bicyclic) bond motifs is 1. The molecule has 1 aromatic heterocycles. The number of pyridine rings is 1. The molecule has 1 saturated heterocycles. The van der Waals surface area contributed by atoms with E-state index in [1.165, 1.54) is 0 Å². The first-order valence-corrected chi connectivity index (χ1v) is 11.3. The van der Waals surface area contributed by atoms with Gasteiger partial charge in [0, 0.05) is 40.4 Å². The van der Waals surface area contributed by atoms with Gasteiger partial charge in [0.05, 0.1) is 44.1 Å². The Morgan fingerprint density at radius 1 is 1.25 bits per heavy atom. The average molecular weight is 500 g/mol. The molecular formula is C24H26BrN3O4. The smallest absolute Gasteiger partial charge is 0.262 e. The van der Waals surface area contributed by atoms with Crippen molar-refractivity contribution in [3.63, 3.8) is 0 Å². The van der Waals surface area contributed by atoms with Crippen LogP contribution in [0.25, 0.3) is 10.9 Å². The minimum absolute atomic E-state index is 0.103. The Balaban J connectivity index is 1.87. The Morgan fingerprint density at radius 3 is 2.78 bits per heavy atom. The molecule has 3 aromatic rings. The van der Waals surface area contributed by atoms with Gasteiger partial charge in [-0.05, 0) is 43.2 Å². The van der Waals surface area contributed by atoms with Gasteiger partial charge >= 0.3 is 0 Å². The molecule has 8 heteroatoms. The molecular weight excluding hydrogens is 474 g/mol. The van der Waals surface area contributed by atoms with Crippen LogP contribution in [0.3, 0.4) is 0 Å². The highest BCUT2D eigenvalue weighted by molar-refractivity contribution is 9.10. The zero-order chi connectivity index (χ0) is 22.7. The predicted molar refractivity (Wildman–Crippen MR) is 130 cm³/mol. The molecule has 4 rings (SSSR count). The molecule has 1 aliphatic heterocycles. The number of halogens is 1. The molecule has 2 heterocycles. The summed E-state index contributed by atoms with van der Waals surface area (Å²) in [5.74, 6) is 1.32. The number of nitrogens with one attached hydrogen (secondary N) is 2. The van der Waals surface area contributed by atoms with Gasteiger partial charge in [-0.3, -0.25) is 4.79 Å². The second-order valence-corrected chi connectivity index (χ2v) is 8.64. The summed E-state index contributed by atoms with van der Waals surface area (Å²) in [4.78, 5) is 13.6. The van der Waals surface area contributed by atoms with E-state index in [0.29, 0.717) is 35.9 Å². The van der Waals surface area contributed by atoms with Crippen LogP contribution in [0.1, 0.15) is 24.0 Å². The molecule has 0 spiro atoms. The lowest BCUT2D eigenvalue weighted by molar-refractivity contribution is 0.0876. The van der Waals surface area contributed by atoms with Gasteiger partial charge in [0.25, 0.3) is 5.56 Å². The second kappa shape index (κ2) is 9.75. The molecule has 0 amide bonds. The van der Waals surface area contributed by atoms with Crippen LogP contribution in [0.5, 0.6) is 11.5 Å². The molecule has 168 valence electrons. The lowest BCUT2D eigenvalue weighted by atomic mass is 10.0. The first-order valence-electron chi connectivity index (χ1n) is 10.5. The van der Waals surface area contributed by atoms with E-state index in [-0.39, 0.29) is 11.6 Å². The molecule has 2 aromatic carbocycles. The summed E-state index contributed by atoms with van der Waals surface area (Å²) in [5, 5.41) is 12.4. The number of nitrogens with zero attached hydrogens (tertiary/aromatic N) is 1. The van der Waals surface area contributed by atoms with E-state index in [0.717, 1.165) is 46.6 Å². The number of hydrogen-bond donors (Lipinski definition) is 2. The van der Waals surface area contributed by atoms with Crippen molar-refractivity contribution in [1.29, 1.82) is 5.41 Å². The van der Waals surface area contributed by atoms with Gasteiger partial charge in [-0.2, -0.15) is 0 Å². The number of anilines is 1. The predicted octanol–water partition coefficient (Wildman–Crippen LogP) is 4.42. The minimum Gasteiger partial charge on any atom is -0.497 e. The third-order valence-electron chi connectivity index (χ3n) is 5.74. The lowest BCUT2D eigenvalue weighted by Crippen LogP contribution is -2.33. The fourth-order valence-corrected chi connectivity index (χ4v) is 4.45. The van der Waals surface area contributed by atoms with Crippen molar-refractivity contribution >= 4 is 38.7 Å². The average Bonchev–Trinajstić information content (AvgIpc) is 2.82. The molecule has 0 aliphatic carbocycles. The van der Waals surface area contributed by atoms with E-state index >= 15 is 0 Å². The van der Waals surface area contributed by atoms with Crippen LogP contribution in [0, 0.1) is 5.41 Å². The van der Waals surface area contributed by atoms with E-state index in [4.69, 9.17) is 19.6 Å². The van der Waals surface area contributed by atoms with Gasteiger partial charge in [-0.1, -0.05) is 15.9 Å². The van der Waals surface area contributed by atoms with Crippen LogP contribution >= 0.6 is 15.9 Å². The molecule has 1 unspecified atom stereocenters. The van der Waals surface area contributed by atoms with Crippen molar-refractivity contribution < 1.29 is 14.2 Å². The van der Waals surface area contributed by atoms with E-state index in [1.54, 1.807) is 24.9 Å². The summed E-state index contributed by atoms with van der Waals surface area (Å²) in [6, 6.07) is 11.5. The van der Waals surface area contributed by atoms with Crippen molar-refractivity contribution in [2.75, 3.05) is 32.8 Å². The van der Waals surface area contributed by atoms with Crippen LogP contribution < -0.4 is 20.3 Å². The quantitative estimate of drug-likeness (QED) is 0.470. The van der Waals surface area contributed by atoms with Crippen LogP contribution in [0.15, 0.2) is 45.7 Å². The number of hydrogen-bond acceptors (Lipinski definition) is 6. The molecule has 1 aliphatic rings. The zero-order valence-electron chi connectivity index (χ0n) is 18.1. The maximum atomic E-state index is 13.6. The zero-order valence-corrected chi connectivity index (χ0v) is 19.7. The second-order valence-electron chi connectivity index (χ2n) is 7.72. The molecule has 0 bridgehead atoms. The van der Waals surface area contributed by atoms with Gasteiger partial charge in [-0.15, -0.1) is 0 Å². The van der Waals surface area contributed by atoms with Gasteiger partial charge in [-0.25, -0.2) is 0 Å². The number of rotatable bonds is 7. The van der Waals surface area contributed by atoms with Crippen LogP contribution in [0.2, 0.25) is 0 Å². The largest absolute Gasteiger partial charge is 0.497 e. The molecule has 2 N–H and O–H groups in total. The minimum atomic E-state index is -0.234. The molecule has 7 nitrogen and oxygen atoms in total. The summed E-state index contributed by atoms with van der Waals surface area (Å²) in [7, 11) is 3.20. The van der Waals surface area contributed by atoms with Crippen molar-refractivity contribution in [2.45, 2.75) is 25.4 Å². The van der Waals surface area contributed by atoms with E-state index in [2.05, 4.69) is 21.2 Å². The van der Waals surface area contributed by atoms with E-state index < -0.39 is 0 Å². The first-order chi connectivity index (χ1) is 15.5. The van der Waals surface area contributed by atoms with Crippen LogP contribution in [0.4, 0.5) is 5.69 Å². The van der Waals surface area contributed by atoms with Crippen molar-refractivity contribution in [3.05, 3.63) is 62.4 Å². The Labute approximate surface area is 194 Å². The molecule has 0 saturated carbocycles. The fraction of sp³-hybridized carbons (Fsp3) is 0.333. The van der Waals surface area contributed by atoms with Gasteiger partial charge < -0.3 is 29.5 Å². The number of benzene rings is 2. The molecule has 32 heavy (non-hydrogen) atoms. The third kappa shape index (κ3) is 4.38. The number of aromatic nitrogens is 1. The summed E-state index contributed by atoms with van der Waals surface area (Å²) in [6.07, 6.45) is 3.06. The summed E-state index contributed by atoms with van der Waals surface area (Å²) < 4.78 is 19.0. The van der Waals surface area contributed by atoms with Crippen molar-refractivity contribution in [3.8, 4) is 11.5 Å². The maximum absolute atomic E-state index is 13.6. The van der Waals surface area contributed by atoms with Crippen molar-refractivity contribution in [2.24, 2.45) is 0 Å². The topological polar surface area (TPSA) is 85.6 Å². The summed E-state index contributed by atoms with van der Waals surface area (Å²) in [6.45, 7) is 1.64. The van der Waals surface area contributed by atoms with Crippen LogP contribution in [-0.2, 0) is 11.3 Å². The lowest BCUT2D eigenvalue weighted by Gasteiger charge is -2.26. The van der Waals surface area contributed by atoms with Crippen LogP contribution in [-0.4, -0.2) is 44.3 Å². The molecule has 1 fully saturated rings. The van der Waals surface area contributed by atoms with Gasteiger partial charge in [0.2, 0.25) is 0 Å². The third-order valence-corrected chi connectivity index (χ3v) is 6.23. The normalized spacial score (nSPS) is 16.0. The van der Waals surface area contributed by atoms with E-state index in [9.17, 15) is 4.79 Å². The summed E-state index contributed by atoms with van der Waals surface area (Å²) in [5.41, 5.74) is 2.39. The Morgan fingerprint density at radius 2 is 2.09 bits per heavy atom. The van der Waals surface area contributed by atoms with Crippen molar-refractivity contribution in [1.82, 2.24) is 4.57 Å². The Hall–Kier alpha value is -2.84. The Bertz CT molecular complexity index is 1200. The van der Waals surface area contributed by atoms with Gasteiger partial charge in [0.15, 0.2) is 0 Å². The maximum Gasteiger partial charge on any atom is 0.262 e. The first kappa shape index (κ1) is 22.4. The molecule has 1 atom stereocenters. The highest BCUT2D eigenvalue weighted by Crippen LogP contribution is 2.31. The SMILES string of the molecule is COc1ccc(Cn2c(=O)c(C=N)c(NC3CCCOC3)c3ccc(Br)cc32)c(OC)c1. The van der Waals surface area contributed by atoms with Gasteiger partial charge in [0.1, 0.15) is 11.5 Å². The number of ether oxygens (including phenoxy) is 3. The Kier molecular flexibility index (Phi) is 6.81. The fourth-order valence-electron chi connectivity index (χ4n) is 4.10. The standard InChI is InChI=1S/C24H26BrN3O4/c1-30-18-7-5-15(22(11-18)31-2)13-28-21-10-16(25)6-8-19(21)23(20(12-26)24(28)29)27-17-4-3-9-32-14-17/h5-8,10-12,17,26-27H,3-4,9,13-14H2,1-2H3. The molecule has 0 radical (unpaired) electrons. The highest BCUT2D eigenvalue weighted by Gasteiger charge is 2.21. The highest BCUT2D eigenvalue weighted by atomic mass is 79.9. The summed E-state index contributed by atoms with van der Waals surface area (Å²) >= 11 is 3.54. The monoisotopic (exact) mass is 499 g/mol. The number of methoxy groups -OCH3 is 2. The van der Waals surface area contributed by atoms with E-state index in [1.807, 2.05) is 30.3 Å².